The molecule has 1 unspecified atom stereocenters. The highest BCUT2D eigenvalue weighted by molar-refractivity contribution is 5.82. The lowest BCUT2D eigenvalue weighted by Gasteiger charge is -2.15. The zero-order valence-corrected chi connectivity index (χ0v) is 10.2. The van der Waals surface area contributed by atoms with Gasteiger partial charge in [-0.3, -0.25) is 9.97 Å². The molecule has 2 heterocycles. The van der Waals surface area contributed by atoms with Crippen LogP contribution in [0.15, 0.2) is 55.0 Å². The maximum absolute atomic E-state index is 10.5. The first-order valence-corrected chi connectivity index (χ1v) is 5.98. The number of hydrogen-bond acceptors (Lipinski definition) is 4. The van der Waals surface area contributed by atoms with Crippen LogP contribution in [0.1, 0.15) is 17.2 Å². The molecule has 4 nitrogen and oxygen atoms in total. The molecule has 19 heavy (non-hydrogen) atoms. The van der Waals surface area contributed by atoms with E-state index in [-0.39, 0.29) is 0 Å². The van der Waals surface area contributed by atoms with Crippen molar-refractivity contribution in [1.29, 1.82) is 0 Å². The molecule has 0 saturated carbocycles. The fourth-order valence-corrected chi connectivity index (χ4v) is 2.17. The molecule has 2 aromatic heterocycles. The summed E-state index contributed by atoms with van der Waals surface area (Å²) in [6.45, 7) is 0. The average Bonchev–Trinajstić information content (AvgIpc) is 2.46. The van der Waals surface area contributed by atoms with Crippen LogP contribution in [0.3, 0.4) is 0 Å². The Morgan fingerprint density at radius 1 is 1.00 bits per heavy atom. The van der Waals surface area contributed by atoms with E-state index >= 15 is 0 Å². The second-order valence-corrected chi connectivity index (χ2v) is 4.32. The topological polar surface area (TPSA) is 72.0 Å². The van der Waals surface area contributed by atoms with Crippen LogP contribution in [0.2, 0.25) is 0 Å². The van der Waals surface area contributed by atoms with Crippen LogP contribution in [0.4, 0.5) is 5.69 Å². The largest absolute Gasteiger partial charge is 0.398 e. The predicted octanol–water partition coefficient (Wildman–Crippen LogP) is 2.29. The lowest BCUT2D eigenvalue weighted by Crippen LogP contribution is -2.05. The van der Waals surface area contributed by atoms with Crippen LogP contribution in [-0.4, -0.2) is 15.1 Å². The molecule has 3 aromatic rings. The Morgan fingerprint density at radius 2 is 1.84 bits per heavy atom. The van der Waals surface area contributed by atoms with Gasteiger partial charge in [-0.1, -0.05) is 18.2 Å². The zero-order chi connectivity index (χ0) is 13.2. The second-order valence-electron chi connectivity index (χ2n) is 4.32. The van der Waals surface area contributed by atoms with Crippen molar-refractivity contribution < 1.29 is 5.11 Å². The fraction of sp³-hybridized carbons (Fsp3) is 0.0667. The minimum Gasteiger partial charge on any atom is -0.398 e. The third-order valence-corrected chi connectivity index (χ3v) is 3.16. The SMILES string of the molecule is Nc1ccncc1C(O)c1ccnc2ccccc12. The van der Waals surface area contributed by atoms with E-state index in [1.54, 1.807) is 30.7 Å². The second kappa shape index (κ2) is 4.66. The molecule has 0 saturated heterocycles. The van der Waals surface area contributed by atoms with Gasteiger partial charge in [-0.05, 0) is 23.8 Å². The number of para-hydroxylation sites is 1. The van der Waals surface area contributed by atoms with Crippen molar-refractivity contribution in [1.82, 2.24) is 9.97 Å². The number of aliphatic hydroxyl groups excluding tert-OH is 1. The minimum atomic E-state index is -0.804. The van der Waals surface area contributed by atoms with Crippen LogP contribution in [0.5, 0.6) is 0 Å². The van der Waals surface area contributed by atoms with Gasteiger partial charge in [-0.25, -0.2) is 0 Å². The molecule has 3 N–H and O–H groups in total. The Balaban J connectivity index is 2.17. The molecule has 0 fully saturated rings. The lowest BCUT2D eigenvalue weighted by atomic mass is 9.98. The summed E-state index contributed by atoms with van der Waals surface area (Å²) >= 11 is 0. The first-order valence-electron chi connectivity index (χ1n) is 5.98. The summed E-state index contributed by atoms with van der Waals surface area (Å²) in [5.74, 6) is 0. The number of nitrogen functional groups attached to an aromatic ring is 1. The average molecular weight is 251 g/mol. The van der Waals surface area contributed by atoms with Crippen molar-refractivity contribution in [2.75, 3.05) is 5.73 Å². The minimum absolute atomic E-state index is 0.531. The lowest BCUT2D eigenvalue weighted by molar-refractivity contribution is 0.222. The van der Waals surface area contributed by atoms with E-state index in [1.807, 2.05) is 24.3 Å². The van der Waals surface area contributed by atoms with Gasteiger partial charge >= 0.3 is 0 Å². The van der Waals surface area contributed by atoms with Crippen LogP contribution >= 0.6 is 0 Å². The van der Waals surface area contributed by atoms with Crippen LogP contribution in [-0.2, 0) is 0 Å². The number of anilines is 1. The van der Waals surface area contributed by atoms with E-state index in [0.717, 1.165) is 16.5 Å². The molecule has 0 bridgehead atoms. The maximum Gasteiger partial charge on any atom is 0.108 e. The molecular formula is C15H13N3O. The highest BCUT2D eigenvalue weighted by Gasteiger charge is 2.16. The van der Waals surface area contributed by atoms with Crippen molar-refractivity contribution in [3.63, 3.8) is 0 Å². The Morgan fingerprint density at radius 3 is 2.68 bits per heavy atom. The zero-order valence-electron chi connectivity index (χ0n) is 10.2. The van der Waals surface area contributed by atoms with Crippen molar-refractivity contribution in [2.45, 2.75) is 6.10 Å². The standard InChI is InChI=1S/C15H13N3O/c16-13-6-7-17-9-12(13)15(19)11-5-8-18-14-4-2-1-3-10(11)14/h1-9,15,19H,(H2,16,17). The Hall–Kier alpha value is -2.46. The Bertz CT molecular complexity index is 722. The summed E-state index contributed by atoms with van der Waals surface area (Å²) in [5.41, 5.74) is 8.66. The fourth-order valence-electron chi connectivity index (χ4n) is 2.17. The highest BCUT2D eigenvalue weighted by Crippen LogP contribution is 2.30. The van der Waals surface area contributed by atoms with E-state index in [4.69, 9.17) is 5.73 Å². The number of nitrogens with two attached hydrogens (primary N) is 1. The molecule has 3 rings (SSSR count). The van der Waals surface area contributed by atoms with Crippen molar-refractivity contribution in [3.8, 4) is 0 Å². The van der Waals surface area contributed by atoms with Gasteiger partial charge in [0.1, 0.15) is 6.10 Å². The summed E-state index contributed by atoms with van der Waals surface area (Å²) in [6.07, 6.45) is 4.08. The van der Waals surface area contributed by atoms with Gasteiger partial charge in [0, 0.05) is 35.2 Å². The number of benzene rings is 1. The molecule has 1 aromatic carbocycles. The van der Waals surface area contributed by atoms with E-state index < -0.39 is 6.10 Å². The van der Waals surface area contributed by atoms with Gasteiger partial charge in [0.25, 0.3) is 0 Å². The Kier molecular flexibility index (Phi) is 2.85. The summed E-state index contributed by atoms with van der Waals surface area (Å²) in [4.78, 5) is 8.30. The number of pyridine rings is 2. The van der Waals surface area contributed by atoms with Gasteiger partial charge in [-0.2, -0.15) is 0 Å². The third-order valence-electron chi connectivity index (χ3n) is 3.16. The highest BCUT2D eigenvalue weighted by atomic mass is 16.3. The summed E-state index contributed by atoms with van der Waals surface area (Å²) in [6, 6.07) is 11.2. The van der Waals surface area contributed by atoms with Gasteiger partial charge in [0.15, 0.2) is 0 Å². The van der Waals surface area contributed by atoms with E-state index in [0.29, 0.717) is 11.3 Å². The van der Waals surface area contributed by atoms with E-state index in [2.05, 4.69) is 9.97 Å². The molecule has 0 aliphatic rings. The quantitative estimate of drug-likeness (QED) is 0.733. The van der Waals surface area contributed by atoms with E-state index in [1.165, 1.54) is 0 Å². The van der Waals surface area contributed by atoms with Crippen LogP contribution in [0.25, 0.3) is 10.9 Å². The molecule has 0 spiro atoms. The van der Waals surface area contributed by atoms with E-state index in [9.17, 15) is 5.11 Å². The summed E-state index contributed by atoms with van der Waals surface area (Å²) < 4.78 is 0. The molecule has 94 valence electrons. The van der Waals surface area contributed by atoms with Gasteiger partial charge < -0.3 is 10.8 Å². The molecular weight excluding hydrogens is 238 g/mol. The number of rotatable bonds is 2. The monoisotopic (exact) mass is 251 g/mol. The maximum atomic E-state index is 10.5. The van der Waals surface area contributed by atoms with Gasteiger partial charge in [0.2, 0.25) is 0 Å². The first kappa shape index (κ1) is 11.6. The smallest absolute Gasteiger partial charge is 0.108 e. The molecule has 0 amide bonds. The van der Waals surface area contributed by atoms with Crippen molar-refractivity contribution in [3.05, 3.63) is 66.1 Å². The number of aromatic nitrogens is 2. The third kappa shape index (κ3) is 2.02. The number of fused-ring (bicyclic) bond motifs is 1. The summed E-state index contributed by atoms with van der Waals surface area (Å²) in [7, 11) is 0. The van der Waals surface area contributed by atoms with Crippen LogP contribution in [0, 0.1) is 0 Å². The number of nitrogens with zero attached hydrogens (tertiary/aromatic N) is 2. The van der Waals surface area contributed by atoms with Crippen molar-refractivity contribution >= 4 is 16.6 Å². The molecule has 0 radical (unpaired) electrons. The normalized spacial score (nSPS) is 12.5. The Labute approximate surface area is 110 Å². The van der Waals surface area contributed by atoms with Gasteiger partial charge in [0.05, 0.1) is 5.52 Å². The number of hydrogen-bond donors (Lipinski definition) is 2. The van der Waals surface area contributed by atoms with Gasteiger partial charge in [-0.15, -0.1) is 0 Å². The molecule has 1 atom stereocenters. The predicted molar refractivity (Wildman–Crippen MR) is 74.5 cm³/mol. The molecule has 4 heteroatoms. The number of aliphatic hydroxyl groups is 1. The summed E-state index contributed by atoms with van der Waals surface area (Å²) in [5, 5.41) is 11.4. The first-order chi connectivity index (χ1) is 9.27. The molecule has 0 aliphatic heterocycles. The van der Waals surface area contributed by atoms with Crippen molar-refractivity contribution in [2.24, 2.45) is 0 Å². The van der Waals surface area contributed by atoms with Crippen LogP contribution < -0.4 is 5.73 Å². The molecule has 0 aliphatic carbocycles.